The van der Waals surface area contributed by atoms with Gasteiger partial charge in [-0.25, -0.2) is 0 Å². The average Bonchev–Trinajstić information content (AvgIpc) is 2.76. The summed E-state index contributed by atoms with van der Waals surface area (Å²) in [5.41, 5.74) is 1.14. The van der Waals surface area contributed by atoms with Gasteiger partial charge >= 0.3 is 0 Å². The molecule has 1 aliphatic carbocycles. The maximum atomic E-state index is 10.7. The predicted molar refractivity (Wildman–Crippen MR) is 76.3 cm³/mol. The number of benzene rings is 1. The molecule has 1 atom stereocenters. The van der Waals surface area contributed by atoms with Crippen LogP contribution in [0, 0.1) is 0 Å². The first-order valence-electron chi connectivity index (χ1n) is 6.21. The molecule has 0 amide bonds. The van der Waals surface area contributed by atoms with Crippen molar-refractivity contribution >= 4 is 22.9 Å². The van der Waals surface area contributed by atoms with E-state index in [0.29, 0.717) is 0 Å². The molecule has 1 aromatic heterocycles. The molecule has 1 nitrogen and oxygen atoms in total. The molecule has 1 saturated carbocycles. The minimum Gasteiger partial charge on any atom is -0.387 e. The van der Waals surface area contributed by atoms with Crippen LogP contribution in [0.3, 0.4) is 0 Å². The molecule has 0 aliphatic heterocycles. The third-order valence-corrected chi connectivity index (χ3v) is 5.26. The molecule has 1 aromatic carbocycles. The highest BCUT2D eigenvalue weighted by Gasteiger charge is 2.45. The molecule has 0 saturated heterocycles. The molecule has 1 N–H and O–H groups in total. The lowest BCUT2D eigenvalue weighted by Crippen LogP contribution is -2.40. The Kier molecular flexibility index (Phi) is 3.18. The molecule has 2 aromatic rings. The first-order chi connectivity index (χ1) is 8.72. The molecule has 1 heterocycles. The van der Waals surface area contributed by atoms with E-state index in [1.165, 1.54) is 23.3 Å². The van der Waals surface area contributed by atoms with Crippen LogP contribution in [0.4, 0.5) is 0 Å². The van der Waals surface area contributed by atoms with Gasteiger partial charge < -0.3 is 5.11 Å². The van der Waals surface area contributed by atoms with Crippen molar-refractivity contribution in [3.63, 3.8) is 0 Å². The molecular formula is C15H15ClOS. The normalized spacial score (nSPS) is 19.2. The molecule has 94 valence electrons. The van der Waals surface area contributed by atoms with Crippen LogP contribution in [0.2, 0.25) is 4.34 Å². The highest BCUT2D eigenvalue weighted by molar-refractivity contribution is 7.16. The van der Waals surface area contributed by atoms with Crippen LogP contribution in [0.1, 0.15) is 35.8 Å². The summed E-state index contributed by atoms with van der Waals surface area (Å²) >= 11 is 7.45. The van der Waals surface area contributed by atoms with Gasteiger partial charge in [-0.2, -0.15) is 0 Å². The maximum absolute atomic E-state index is 10.7. The van der Waals surface area contributed by atoms with Crippen molar-refractivity contribution in [2.75, 3.05) is 0 Å². The van der Waals surface area contributed by atoms with Crippen LogP contribution in [0.15, 0.2) is 42.5 Å². The van der Waals surface area contributed by atoms with Crippen LogP contribution >= 0.6 is 22.9 Å². The van der Waals surface area contributed by atoms with E-state index in [0.717, 1.165) is 22.1 Å². The summed E-state index contributed by atoms with van der Waals surface area (Å²) in [7, 11) is 0. The van der Waals surface area contributed by atoms with Crippen molar-refractivity contribution in [2.45, 2.75) is 30.8 Å². The molecule has 3 rings (SSSR count). The number of aliphatic hydroxyl groups excluding tert-OH is 1. The lowest BCUT2D eigenvalue weighted by atomic mass is 9.61. The van der Waals surface area contributed by atoms with Gasteiger partial charge in [-0.3, -0.25) is 0 Å². The van der Waals surface area contributed by atoms with Gasteiger partial charge in [0.15, 0.2) is 0 Å². The quantitative estimate of drug-likeness (QED) is 0.873. The molecule has 1 aliphatic rings. The van der Waals surface area contributed by atoms with E-state index in [9.17, 15) is 5.11 Å². The summed E-state index contributed by atoms with van der Waals surface area (Å²) in [5, 5.41) is 10.7. The van der Waals surface area contributed by atoms with Crippen LogP contribution in [-0.4, -0.2) is 5.11 Å². The molecule has 3 heteroatoms. The zero-order chi connectivity index (χ0) is 12.6. The summed E-state index contributed by atoms with van der Waals surface area (Å²) in [6.45, 7) is 0. The van der Waals surface area contributed by atoms with Gasteiger partial charge in [-0.15, -0.1) is 11.3 Å². The van der Waals surface area contributed by atoms with Crippen LogP contribution in [0.25, 0.3) is 0 Å². The molecule has 1 unspecified atom stereocenters. The fourth-order valence-corrected chi connectivity index (χ4v) is 3.96. The molecule has 18 heavy (non-hydrogen) atoms. The fraction of sp³-hybridized carbons (Fsp3) is 0.333. The highest BCUT2D eigenvalue weighted by Crippen LogP contribution is 2.53. The largest absolute Gasteiger partial charge is 0.387 e. The number of aliphatic hydroxyl groups is 1. The van der Waals surface area contributed by atoms with Crippen molar-refractivity contribution in [2.24, 2.45) is 0 Å². The van der Waals surface area contributed by atoms with Gasteiger partial charge in [0.25, 0.3) is 0 Å². The van der Waals surface area contributed by atoms with E-state index in [1.807, 2.05) is 30.3 Å². The van der Waals surface area contributed by atoms with E-state index >= 15 is 0 Å². The van der Waals surface area contributed by atoms with Crippen LogP contribution in [0.5, 0.6) is 0 Å². The minimum absolute atomic E-state index is 0.102. The highest BCUT2D eigenvalue weighted by atomic mass is 35.5. The Morgan fingerprint density at radius 3 is 2.33 bits per heavy atom. The lowest BCUT2D eigenvalue weighted by molar-refractivity contribution is 0.0294. The molecular weight excluding hydrogens is 264 g/mol. The SMILES string of the molecule is OC(c1ccc(Cl)s1)C1(c2ccccc2)CCC1. The number of hydrogen-bond donors (Lipinski definition) is 1. The Labute approximate surface area is 116 Å². The maximum Gasteiger partial charge on any atom is 0.0978 e. The van der Waals surface area contributed by atoms with Gasteiger partial charge in [-0.05, 0) is 30.5 Å². The first-order valence-corrected chi connectivity index (χ1v) is 7.41. The lowest BCUT2D eigenvalue weighted by Gasteiger charge is -2.45. The van der Waals surface area contributed by atoms with Crippen molar-refractivity contribution in [1.82, 2.24) is 0 Å². The number of rotatable bonds is 3. The summed E-state index contributed by atoms with van der Waals surface area (Å²) < 4.78 is 0.742. The summed E-state index contributed by atoms with van der Waals surface area (Å²) in [4.78, 5) is 0.976. The van der Waals surface area contributed by atoms with Gasteiger partial charge in [0.2, 0.25) is 0 Å². The summed E-state index contributed by atoms with van der Waals surface area (Å²) in [5.74, 6) is 0. The topological polar surface area (TPSA) is 20.2 Å². The molecule has 0 spiro atoms. The standard InChI is InChI=1S/C15H15ClOS/c16-13-8-7-12(18-13)14(17)15(9-4-10-15)11-5-2-1-3-6-11/h1-3,5-8,14,17H,4,9-10H2. The fourth-order valence-electron chi connectivity index (χ4n) is 2.80. The third-order valence-electron chi connectivity index (χ3n) is 3.98. The second-order valence-electron chi connectivity index (χ2n) is 4.92. The zero-order valence-corrected chi connectivity index (χ0v) is 11.5. The monoisotopic (exact) mass is 278 g/mol. The second kappa shape index (κ2) is 4.69. The molecule has 0 bridgehead atoms. The third kappa shape index (κ3) is 1.89. The van der Waals surface area contributed by atoms with Gasteiger partial charge in [0.1, 0.15) is 0 Å². The Morgan fingerprint density at radius 1 is 1.11 bits per heavy atom. The van der Waals surface area contributed by atoms with E-state index in [1.54, 1.807) is 0 Å². The number of thiophene rings is 1. The minimum atomic E-state index is -0.439. The zero-order valence-electron chi connectivity index (χ0n) is 9.97. The molecule has 1 fully saturated rings. The number of hydrogen-bond acceptors (Lipinski definition) is 2. The van der Waals surface area contributed by atoms with E-state index in [-0.39, 0.29) is 5.41 Å². The predicted octanol–water partition coefficient (Wildman–Crippen LogP) is 4.56. The Balaban J connectivity index is 1.97. The van der Waals surface area contributed by atoms with E-state index in [2.05, 4.69) is 12.1 Å². The Hall–Kier alpha value is -0.830. The van der Waals surface area contributed by atoms with Crippen LogP contribution < -0.4 is 0 Å². The summed E-state index contributed by atoms with van der Waals surface area (Å²) in [6.07, 6.45) is 2.85. The van der Waals surface area contributed by atoms with Crippen molar-refractivity contribution in [3.05, 3.63) is 57.2 Å². The summed E-state index contributed by atoms with van der Waals surface area (Å²) in [6, 6.07) is 14.2. The van der Waals surface area contributed by atoms with E-state index < -0.39 is 6.10 Å². The van der Waals surface area contributed by atoms with Crippen molar-refractivity contribution in [1.29, 1.82) is 0 Å². The van der Waals surface area contributed by atoms with E-state index in [4.69, 9.17) is 11.6 Å². The number of halogens is 1. The second-order valence-corrected chi connectivity index (χ2v) is 6.67. The average molecular weight is 279 g/mol. The van der Waals surface area contributed by atoms with Crippen molar-refractivity contribution < 1.29 is 5.11 Å². The smallest absolute Gasteiger partial charge is 0.0978 e. The van der Waals surface area contributed by atoms with Gasteiger partial charge in [0.05, 0.1) is 10.4 Å². The first kappa shape index (κ1) is 12.2. The molecule has 0 radical (unpaired) electrons. The van der Waals surface area contributed by atoms with Gasteiger partial charge in [-0.1, -0.05) is 48.4 Å². The Bertz CT molecular complexity index is 530. The Morgan fingerprint density at radius 2 is 1.83 bits per heavy atom. The van der Waals surface area contributed by atoms with Gasteiger partial charge in [0, 0.05) is 10.3 Å². The van der Waals surface area contributed by atoms with Crippen molar-refractivity contribution in [3.8, 4) is 0 Å². The van der Waals surface area contributed by atoms with Crippen LogP contribution in [-0.2, 0) is 5.41 Å².